The molecule has 1 rings (SSSR count). The van der Waals surface area contributed by atoms with Crippen molar-refractivity contribution < 1.29 is 4.79 Å². The zero-order valence-corrected chi connectivity index (χ0v) is 11.6. The summed E-state index contributed by atoms with van der Waals surface area (Å²) >= 11 is 0. The number of nitrogens with one attached hydrogen (secondary N) is 2. The van der Waals surface area contributed by atoms with Gasteiger partial charge >= 0.3 is 0 Å². The quantitative estimate of drug-likeness (QED) is 0.765. The van der Waals surface area contributed by atoms with Crippen molar-refractivity contribution >= 4 is 17.3 Å². The maximum absolute atomic E-state index is 11.0. The van der Waals surface area contributed by atoms with Crippen LogP contribution in [0.5, 0.6) is 0 Å². The van der Waals surface area contributed by atoms with Crippen molar-refractivity contribution in [2.24, 2.45) is 0 Å². The fourth-order valence-corrected chi connectivity index (χ4v) is 1.95. The first-order valence-electron chi connectivity index (χ1n) is 6.79. The molecule has 0 radical (unpaired) electrons. The van der Waals surface area contributed by atoms with Crippen LogP contribution in [0.25, 0.3) is 0 Å². The summed E-state index contributed by atoms with van der Waals surface area (Å²) in [6.45, 7) is 5.94. The fourth-order valence-electron chi connectivity index (χ4n) is 1.95. The Morgan fingerprint density at radius 2 is 2.00 bits per heavy atom. The molecular weight excluding hydrogens is 224 g/mol. The van der Waals surface area contributed by atoms with Crippen LogP contribution in [-0.2, 0) is 4.79 Å². The van der Waals surface area contributed by atoms with Crippen LogP contribution >= 0.6 is 0 Å². The second kappa shape index (κ2) is 7.75. The molecule has 0 aromatic heterocycles. The second-order valence-corrected chi connectivity index (χ2v) is 4.65. The Morgan fingerprint density at radius 1 is 1.28 bits per heavy atom. The van der Waals surface area contributed by atoms with Crippen LogP contribution in [0.2, 0.25) is 0 Å². The zero-order valence-electron chi connectivity index (χ0n) is 11.6. The zero-order chi connectivity index (χ0) is 13.4. The smallest absolute Gasteiger partial charge is 0.221 e. The summed E-state index contributed by atoms with van der Waals surface area (Å²) in [5, 5.41) is 6.33. The Bertz CT molecular complexity index is 377. The van der Waals surface area contributed by atoms with Crippen molar-refractivity contribution in [2.45, 2.75) is 52.5 Å². The van der Waals surface area contributed by atoms with Gasteiger partial charge in [0.05, 0.1) is 0 Å². The van der Waals surface area contributed by atoms with Gasteiger partial charge < -0.3 is 10.6 Å². The van der Waals surface area contributed by atoms with Crippen molar-refractivity contribution in [1.29, 1.82) is 0 Å². The largest absolute Gasteiger partial charge is 0.382 e. The molecule has 2 N–H and O–H groups in total. The molecule has 0 aliphatic heterocycles. The van der Waals surface area contributed by atoms with Gasteiger partial charge in [-0.25, -0.2) is 0 Å². The molecule has 0 spiro atoms. The third-order valence-electron chi connectivity index (χ3n) is 2.95. The van der Waals surface area contributed by atoms with E-state index in [1.54, 1.807) is 0 Å². The first kappa shape index (κ1) is 14.6. The maximum Gasteiger partial charge on any atom is 0.221 e. The standard InChI is InChI=1S/C15H24N2O/c1-4-6-8-13(5-2)17-15-10-7-9-14(11-15)16-12(3)18/h7,9-11,13,17H,4-6,8H2,1-3H3,(H,16,18). The summed E-state index contributed by atoms with van der Waals surface area (Å²) in [6.07, 6.45) is 4.78. The third-order valence-corrected chi connectivity index (χ3v) is 2.95. The average Bonchev–Trinajstić information content (AvgIpc) is 2.34. The van der Waals surface area contributed by atoms with E-state index >= 15 is 0 Å². The molecule has 1 amide bonds. The number of benzene rings is 1. The molecule has 1 atom stereocenters. The van der Waals surface area contributed by atoms with Crippen LogP contribution in [0.3, 0.4) is 0 Å². The lowest BCUT2D eigenvalue weighted by atomic mass is 10.1. The summed E-state index contributed by atoms with van der Waals surface area (Å²) < 4.78 is 0. The van der Waals surface area contributed by atoms with Crippen LogP contribution in [0.4, 0.5) is 11.4 Å². The van der Waals surface area contributed by atoms with Crippen LogP contribution < -0.4 is 10.6 Å². The first-order valence-corrected chi connectivity index (χ1v) is 6.79. The summed E-state index contributed by atoms with van der Waals surface area (Å²) in [5.41, 5.74) is 1.92. The molecule has 0 heterocycles. The topological polar surface area (TPSA) is 41.1 Å². The average molecular weight is 248 g/mol. The summed E-state index contributed by atoms with van der Waals surface area (Å²) in [5.74, 6) is -0.0369. The number of hydrogen-bond donors (Lipinski definition) is 2. The van der Waals surface area contributed by atoms with Crippen molar-refractivity contribution in [2.75, 3.05) is 10.6 Å². The normalized spacial score (nSPS) is 11.9. The summed E-state index contributed by atoms with van der Waals surface area (Å²) in [4.78, 5) is 11.0. The number of amides is 1. The molecule has 1 aromatic rings. The number of carbonyl (C=O) groups excluding carboxylic acids is 1. The molecule has 0 saturated carbocycles. The molecule has 3 heteroatoms. The number of anilines is 2. The van der Waals surface area contributed by atoms with Crippen LogP contribution in [-0.4, -0.2) is 11.9 Å². The van der Waals surface area contributed by atoms with E-state index in [9.17, 15) is 4.79 Å². The van der Waals surface area contributed by atoms with Gasteiger partial charge in [0.1, 0.15) is 0 Å². The third kappa shape index (κ3) is 5.21. The summed E-state index contributed by atoms with van der Waals surface area (Å²) in [7, 11) is 0. The van der Waals surface area contributed by atoms with Gasteiger partial charge in [-0.1, -0.05) is 32.8 Å². The molecule has 3 nitrogen and oxygen atoms in total. The molecular formula is C15H24N2O. The molecule has 100 valence electrons. The Morgan fingerprint density at radius 3 is 2.61 bits per heavy atom. The molecule has 1 unspecified atom stereocenters. The van der Waals surface area contributed by atoms with Crippen molar-refractivity contribution in [1.82, 2.24) is 0 Å². The summed E-state index contributed by atoms with van der Waals surface area (Å²) in [6, 6.07) is 8.40. The van der Waals surface area contributed by atoms with Gasteiger partial charge in [0.2, 0.25) is 5.91 Å². The van der Waals surface area contributed by atoms with Gasteiger partial charge in [-0.3, -0.25) is 4.79 Å². The van der Waals surface area contributed by atoms with E-state index in [1.807, 2.05) is 24.3 Å². The minimum Gasteiger partial charge on any atom is -0.382 e. The lowest BCUT2D eigenvalue weighted by Crippen LogP contribution is -2.18. The van der Waals surface area contributed by atoms with Gasteiger partial charge in [-0.2, -0.15) is 0 Å². The molecule has 0 bridgehead atoms. The predicted octanol–water partition coefficient (Wildman–Crippen LogP) is 4.03. The lowest BCUT2D eigenvalue weighted by molar-refractivity contribution is -0.114. The Balaban J connectivity index is 2.62. The van der Waals surface area contributed by atoms with Crippen molar-refractivity contribution in [3.05, 3.63) is 24.3 Å². The van der Waals surface area contributed by atoms with E-state index in [2.05, 4.69) is 24.5 Å². The van der Waals surface area contributed by atoms with E-state index in [0.717, 1.165) is 17.8 Å². The Labute approximate surface area is 110 Å². The number of hydrogen-bond acceptors (Lipinski definition) is 2. The second-order valence-electron chi connectivity index (χ2n) is 4.65. The maximum atomic E-state index is 11.0. The van der Waals surface area contributed by atoms with E-state index in [1.165, 1.54) is 26.2 Å². The van der Waals surface area contributed by atoms with E-state index in [4.69, 9.17) is 0 Å². The van der Waals surface area contributed by atoms with Crippen molar-refractivity contribution in [3.8, 4) is 0 Å². The molecule has 18 heavy (non-hydrogen) atoms. The monoisotopic (exact) mass is 248 g/mol. The van der Waals surface area contributed by atoms with Gasteiger partial charge in [0, 0.05) is 24.3 Å². The molecule has 0 aliphatic carbocycles. The van der Waals surface area contributed by atoms with Gasteiger partial charge in [-0.05, 0) is 31.0 Å². The van der Waals surface area contributed by atoms with Crippen LogP contribution in [0, 0.1) is 0 Å². The van der Waals surface area contributed by atoms with E-state index < -0.39 is 0 Å². The Hall–Kier alpha value is -1.51. The number of rotatable bonds is 7. The SMILES string of the molecule is CCCCC(CC)Nc1cccc(NC(C)=O)c1. The van der Waals surface area contributed by atoms with Gasteiger partial charge in [0.25, 0.3) is 0 Å². The van der Waals surface area contributed by atoms with Gasteiger partial charge in [-0.15, -0.1) is 0 Å². The van der Waals surface area contributed by atoms with E-state index in [-0.39, 0.29) is 5.91 Å². The van der Waals surface area contributed by atoms with Crippen molar-refractivity contribution in [3.63, 3.8) is 0 Å². The fraction of sp³-hybridized carbons (Fsp3) is 0.533. The molecule has 0 aliphatic rings. The predicted molar refractivity (Wildman–Crippen MR) is 78.0 cm³/mol. The highest BCUT2D eigenvalue weighted by molar-refractivity contribution is 5.89. The molecule has 0 saturated heterocycles. The Kier molecular flexibility index (Phi) is 6.26. The highest BCUT2D eigenvalue weighted by Crippen LogP contribution is 2.18. The van der Waals surface area contributed by atoms with E-state index in [0.29, 0.717) is 6.04 Å². The van der Waals surface area contributed by atoms with Crippen LogP contribution in [0.1, 0.15) is 46.5 Å². The van der Waals surface area contributed by atoms with Gasteiger partial charge in [0.15, 0.2) is 0 Å². The highest BCUT2D eigenvalue weighted by atomic mass is 16.1. The molecule has 1 aromatic carbocycles. The van der Waals surface area contributed by atoms with Crippen LogP contribution in [0.15, 0.2) is 24.3 Å². The lowest BCUT2D eigenvalue weighted by Gasteiger charge is -2.18. The minimum absolute atomic E-state index is 0.0369. The number of unbranched alkanes of at least 4 members (excludes halogenated alkanes) is 1. The molecule has 0 fully saturated rings. The number of carbonyl (C=O) groups is 1. The minimum atomic E-state index is -0.0369. The first-order chi connectivity index (χ1) is 8.65. The highest BCUT2D eigenvalue weighted by Gasteiger charge is 2.05.